The van der Waals surface area contributed by atoms with Crippen LogP contribution in [0.4, 0.5) is 0 Å². The number of halogens is 1. The summed E-state index contributed by atoms with van der Waals surface area (Å²) in [4.78, 5) is 8.16. The normalized spacial score (nSPS) is 13.1. The van der Waals surface area contributed by atoms with Crippen LogP contribution in [0.2, 0.25) is 0 Å². The van der Waals surface area contributed by atoms with E-state index in [1.54, 1.807) is 62.7 Å². The molecular weight excluding hydrogens is 483 g/mol. The Morgan fingerprint density at radius 3 is 2.26 bits per heavy atom. The van der Waals surface area contributed by atoms with Crippen molar-refractivity contribution in [3.63, 3.8) is 0 Å². The summed E-state index contributed by atoms with van der Waals surface area (Å²) in [7, 11) is -3.50. The summed E-state index contributed by atoms with van der Waals surface area (Å²) in [6.07, 6.45) is 6.45. The SMILES string of the molecule is CC(C=CCOS(=O)(=O)C(C)C)Oc1ccc(Oc2ncc(I)cn2)cc1. The van der Waals surface area contributed by atoms with Gasteiger partial charge in [-0.05, 0) is 73.7 Å². The maximum Gasteiger partial charge on any atom is 0.321 e. The van der Waals surface area contributed by atoms with E-state index in [4.69, 9.17) is 13.7 Å². The highest BCUT2D eigenvalue weighted by atomic mass is 127. The zero-order valence-electron chi connectivity index (χ0n) is 15.2. The van der Waals surface area contributed by atoms with Gasteiger partial charge in [0.2, 0.25) is 0 Å². The summed E-state index contributed by atoms with van der Waals surface area (Å²) < 4.78 is 40.2. The Morgan fingerprint density at radius 1 is 1.07 bits per heavy atom. The minimum absolute atomic E-state index is 0.0169. The maximum atomic E-state index is 11.5. The maximum absolute atomic E-state index is 11.5. The molecule has 0 aliphatic heterocycles. The predicted molar refractivity (Wildman–Crippen MR) is 111 cm³/mol. The first-order valence-electron chi connectivity index (χ1n) is 8.23. The first-order valence-corrected chi connectivity index (χ1v) is 10.8. The smallest absolute Gasteiger partial charge is 0.321 e. The van der Waals surface area contributed by atoms with Gasteiger partial charge in [-0.25, -0.2) is 9.97 Å². The molecule has 0 bridgehead atoms. The molecule has 1 aromatic carbocycles. The molecule has 146 valence electrons. The van der Waals surface area contributed by atoms with Crippen LogP contribution in [0.5, 0.6) is 17.5 Å². The lowest BCUT2D eigenvalue weighted by Crippen LogP contribution is -2.17. The molecule has 0 saturated heterocycles. The zero-order chi connectivity index (χ0) is 19.9. The van der Waals surface area contributed by atoms with Crippen LogP contribution in [-0.4, -0.2) is 36.3 Å². The molecule has 0 fully saturated rings. The van der Waals surface area contributed by atoms with Crippen LogP contribution in [0.3, 0.4) is 0 Å². The number of hydrogen-bond donors (Lipinski definition) is 0. The summed E-state index contributed by atoms with van der Waals surface area (Å²) in [5, 5.41) is -0.565. The summed E-state index contributed by atoms with van der Waals surface area (Å²) in [6.45, 7) is 4.97. The molecule has 0 radical (unpaired) electrons. The lowest BCUT2D eigenvalue weighted by atomic mass is 10.3. The van der Waals surface area contributed by atoms with Crippen LogP contribution in [0.25, 0.3) is 0 Å². The van der Waals surface area contributed by atoms with Crippen LogP contribution in [0, 0.1) is 3.57 Å². The Bertz CT molecular complexity index is 852. The third-order valence-electron chi connectivity index (χ3n) is 3.26. The van der Waals surface area contributed by atoms with Gasteiger partial charge < -0.3 is 9.47 Å². The Labute approximate surface area is 173 Å². The third kappa shape index (κ3) is 7.43. The molecule has 0 saturated carbocycles. The summed E-state index contributed by atoms with van der Waals surface area (Å²) in [6, 6.07) is 7.33. The Hall–Kier alpha value is -1.72. The minimum atomic E-state index is -3.50. The number of nitrogens with zero attached hydrogens (tertiary/aromatic N) is 2. The molecular formula is C18H21IN2O5S. The molecule has 2 rings (SSSR count). The zero-order valence-corrected chi connectivity index (χ0v) is 18.2. The minimum Gasteiger partial charge on any atom is -0.487 e. The molecule has 7 nitrogen and oxygen atoms in total. The van der Waals surface area contributed by atoms with Gasteiger partial charge in [-0.2, -0.15) is 8.42 Å². The molecule has 0 aliphatic carbocycles. The van der Waals surface area contributed by atoms with E-state index in [0.717, 1.165) is 3.57 Å². The molecule has 0 spiro atoms. The van der Waals surface area contributed by atoms with E-state index in [9.17, 15) is 8.42 Å². The Kier molecular flexibility index (Phi) is 7.99. The largest absolute Gasteiger partial charge is 0.487 e. The average molecular weight is 504 g/mol. The second-order valence-electron chi connectivity index (χ2n) is 5.83. The molecule has 0 amide bonds. The van der Waals surface area contributed by atoms with Gasteiger partial charge in [-0.3, -0.25) is 4.18 Å². The highest BCUT2D eigenvalue weighted by Gasteiger charge is 2.15. The highest BCUT2D eigenvalue weighted by molar-refractivity contribution is 14.1. The standard InChI is InChI=1S/C18H21IN2O5S/c1-13(2)27(22,23)24-10-4-5-14(3)25-16-6-8-17(9-7-16)26-18-20-11-15(19)12-21-18/h4-9,11-14H,10H2,1-3H3. The summed E-state index contributed by atoms with van der Waals surface area (Å²) in [5.74, 6) is 1.25. The quantitative estimate of drug-likeness (QED) is 0.290. The molecule has 27 heavy (non-hydrogen) atoms. The topological polar surface area (TPSA) is 87.6 Å². The molecule has 1 aromatic heterocycles. The average Bonchev–Trinajstić information content (AvgIpc) is 2.62. The predicted octanol–water partition coefficient (Wildman–Crippen LogP) is 3.95. The van der Waals surface area contributed by atoms with Crippen molar-refractivity contribution in [3.8, 4) is 17.5 Å². The van der Waals surface area contributed by atoms with E-state index in [0.29, 0.717) is 11.5 Å². The molecule has 2 aromatic rings. The highest BCUT2D eigenvalue weighted by Crippen LogP contribution is 2.22. The fourth-order valence-electron chi connectivity index (χ4n) is 1.82. The number of aromatic nitrogens is 2. The van der Waals surface area contributed by atoms with Crippen molar-refractivity contribution in [2.75, 3.05) is 6.61 Å². The van der Waals surface area contributed by atoms with Crippen LogP contribution in [0.1, 0.15) is 20.8 Å². The summed E-state index contributed by atoms with van der Waals surface area (Å²) in [5.41, 5.74) is 0. The Balaban J connectivity index is 1.83. The molecule has 0 aliphatic rings. The molecule has 9 heteroatoms. The van der Waals surface area contributed by atoms with Gasteiger partial charge in [0.05, 0.1) is 11.9 Å². The van der Waals surface area contributed by atoms with Gasteiger partial charge >= 0.3 is 6.01 Å². The first-order chi connectivity index (χ1) is 12.8. The second-order valence-corrected chi connectivity index (χ2v) is 9.24. The third-order valence-corrected chi connectivity index (χ3v) is 5.44. The van der Waals surface area contributed by atoms with Gasteiger partial charge in [-0.15, -0.1) is 0 Å². The van der Waals surface area contributed by atoms with E-state index in [1.165, 1.54) is 0 Å². The van der Waals surface area contributed by atoms with Crippen LogP contribution >= 0.6 is 22.6 Å². The van der Waals surface area contributed by atoms with Gasteiger partial charge in [0, 0.05) is 16.0 Å². The lowest BCUT2D eigenvalue weighted by Gasteiger charge is -2.12. The van der Waals surface area contributed by atoms with Crippen LogP contribution in [0.15, 0.2) is 48.8 Å². The first kappa shape index (κ1) is 21.6. The lowest BCUT2D eigenvalue weighted by molar-refractivity contribution is 0.267. The van der Waals surface area contributed by atoms with Gasteiger partial charge in [0.15, 0.2) is 0 Å². The van der Waals surface area contributed by atoms with Gasteiger partial charge in [0.25, 0.3) is 10.1 Å². The van der Waals surface area contributed by atoms with Crippen LogP contribution in [-0.2, 0) is 14.3 Å². The fraction of sp³-hybridized carbons (Fsp3) is 0.333. The number of ether oxygens (including phenoxy) is 2. The van der Waals surface area contributed by atoms with E-state index >= 15 is 0 Å². The van der Waals surface area contributed by atoms with Crippen molar-refractivity contribution < 1.29 is 22.1 Å². The van der Waals surface area contributed by atoms with Crippen molar-refractivity contribution in [1.29, 1.82) is 0 Å². The van der Waals surface area contributed by atoms with E-state index in [2.05, 4.69) is 32.6 Å². The van der Waals surface area contributed by atoms with E-state index in [-0.39, 0.29) is 18.7 Å². The van der Waals surface area contributed by atoms with Crippen molar-refractivity contribution in [2.45, 2.75) is 32.1 Å². The van der Waals surface area contributed by atoms with Gasteiger partial charge in [0.1, 0.15) is 17.6 Å². The van der Waals surface area contributed by atoms with Gasteiger partial charge in [-0.1, -0.05) is 6.08 Å². The number of hydrogen-bond acceptors (Lipinski definition) is 7. The summed E-state index contributed by atoms with van der Waals surface area (Å²) >= 11 is 2.12. The number of benzene rings is 1. The molecule has 1 unspecified atom stereocenters. The van der Waals surface area contributed by atoms with E-state index in [1.807, 2.05) is 6.92 Å². The monoisotopic (exact) mass is 504 g/mol. The van der Waals surface area contributed by atoms with E-state index < -0.39 is 15.4 Å². The van der Waals surface area contributed by atoms with Crippen LogP contribution < -0.4 is 9.47 Å². The molecule has 1 heterocycles. The fourth-order valence-corrected chi connectivity index (χ4v) is 2.64. The van der Waals surface area contributed by atoms with Crippen molar-refractivity contribution in [1.82, 2.24) is 9.97 Å². The van der Waals surface area contributed by atoms with Crippen molar-refractivity contribution >= 4 is 32.7 Å². The van der Waals surface area contributed by atoms with Crippen molar-refractivity contribution in [3.05, 3.63) is 52.4 Å². The second kappa shape index (κ2) is 10.00. The Morgan fingerprint density at radius 2 is 1.67 bits per heavy atom. The van der Waals surface area contributed by atoms with Crippen molar-refractivity contribution in [2.24, 2.45) is 0 Å². The molecule has 0 N–H and O–H groups in total. The molecule has 1 atom stereocenters. The number of rotatable bonds is 9.